The maximum Gasteiger partial charge on any atom is 0.239 e. The minimum absolute atomic E-state index is 0.0629. The standard InChI is InChI=1S/C14H23N5O/c1-3-11(2)12(15)13(20)18-7-9-19(10-8-18)14-16-5-4-6-17-14/h4-6,11-12H,3,7-10,15H2,1-2H3. The van der Waals surface area contributed by atoms with Gasteiger partial charge in [-0.2, -0.15) is 0 Å². The van der Waals surface area contributed by atoms with Crippen molar-refractivity contribution in [3.63, 3.8) is 0 Å². The molecule has 0 aromatic carbocycles. The van der Waals surface area contributed by atoms with E-state index in [0.717, 1.165) is 25.5 Å². The number of anilines is 1. The van der Waals surface area contributed by atoms with Crippen molar-refractivity contribution in [2.24, 2.45) is 11.7 Å². The number of carbonyl (C=O) groups is 1. The minimum atomic E-state index is -0.389. The van der Waals surface area contributed by atoms with Gasteiger partial charge < -0.3 is 15.5 Å². The van der Waals surface area contributed by atoms with Crippen molar-refractivity contribution in [3.8, 4) is 0 Å². The number of carbonyl (C=O) groups excluding carboxylic acids is 1. The Morgan fingerprint density at radius 2 is 1.90 bits per heavy atom. The Balaban J connectivity index is 1.90. The second-order valence-corrected chi connectivity index (χ2v) is 5.27. The second-order valence-electron chi connectivity index (χ2n) is 5.27. The summed E-state index contributed by atoms with van der Waals surface area (Å²) in [4.78, 5) is 24.7. The van der Waals surface area contributed by atoms with Crippen molar-refractivity contribution < 1.29 is 4.79 Å². The molecule has 6 nitrogen and oxygen atoms in total. The summed E-state index contributed by atoms with van der Waals surface area (Å²) in [6.45, 7) is 6.95. The van der Waals surface area contributed by atoms with Gasteiger partial charge >= 0.3 is 0 Å². The summed E-state index contributed by atoms with van der Waals surface area (Å²) < 4.78 is 0. The predicted molar refractivity (Wildman–Crippen MR) is 78.3 cm³/mol. The maximum absolute atomic E-state index is 12.3. The first kappa shape index (κ1) is 14.7. The van der Waals surface area contributed by atoms with E-state index in [4.69, 9.17) is 5.73 Å². The summed E-state index contributed by atoms with van der Waals surface area (Å²) in [5.74, 6) is 1.01. The van der Waals surface area contributed by atoms with E-state index in [0.29, 0.717) is 13.1 Å². The zero-order valence-electron chi connectivity index (χ0n) is 12.2. The molecule has 2 heterocycles. The quantitative estimate of drug-likeness (QED) is 0.867. The van der Waals surface area contributed by atoms with E-state index in [1.165, 1.54) is 0 Å². The van der Waals surface area contributed by atoms with Crippen LogP contribution < -0.4 is 10.6 Å². The fourth-order valence-corrected chi connectivity index (χ4v) is 2.29. The molecule has 2 atom stereocenters. The molecule has 1 fully saturated rings. The maximum atomic E-state index is 12.3. The molecule has 0 saturated carbocycles. The molecule has 0 bridgehead atoms. The molecular formula is C14H23N5O. The lowest BCUT2D eigenvalue weighted by Gasteiger charge is -2.36. The van der Waals surface area contributed by atoms with Crippen molar-refractivity contribution in [1.29, 1.82) is 0 Å². The Labute approximate surface area is 120 Å². The highest BCUT2D eigenvalue weighted by atomic mass is 16.2. The molecule has 1 aliphatic rings. The van der Waals surface area contributed by atoms with Crippen LogP contribution in [-0.2, 0) is 4.79 Å². The van der Waals surface area contributed by atoms with Gasteiger partial charge in [0.25, 0.3) is 0 Å². The lowest BCUT2D eigenvalue weighted by molar-refractivity contribution is -0.134. The van der Waals surface area contributed by atoms with Crippen LogP contribution in [0.1, 0.15) is 20.3 Å². The highest BCUT2D eigenvalue weighted by molar-refractivity contribution is 5.82. The van der Waals surface area contributed by atoms with Crippen LogP contribution in [0.15, 0.2) is 18.5 Å². The highest BCUT2D eigenvalue weighted by Crippen LogP contribution is 2.13. The summed E-state index contributed by atoms with van der Waals surface area (Å²) in [5, 5.41) is 0. The first-order valence-electron chi connectivity index (χ1n) is 7.19. The minimum Gasteiger partial charge on any atom is -0.338 e. The summed E-state index contributed by atoms with van der Waals surface area (Å²) in [6, 6.07) is 1.41. The third kappa shape index (κ3) is 3.25. The second kappa shape index (κ2) is 6.65. The molecule has 110 valence electrons. The first-order chi connectivity index (χ1) is 9.63. The Morgan fingerprint density at radius 3 is 2.45 bits per heavy atom. The van der Waals surface area contributed by atoms with Crippen molar-refractivity contribution in [2.45, 2.75) is 26.3 Å². The van der Waals surface area contributed by atoms with Gasteiger partial charge in [-0.05, 0) is 12.0 Å². The van der Waals surface area contributed by atoms with Crippen LogP contribution in [0.5, 0.6) is 0 Å². The largest absolute Gasteiger partial charge is 0.338 e. The van der Waals surface area contributed by atoms with Crippen LogP contribution in [0, 0.1) is 5.92 Å². The molecule has 20 heavy (non-hydrogen) atoms. The summed E-state index contributed by atoms with van der Waals surface area (Å²) in [6.07, 6.45) is 4.39. The number of rotatable bonds is 4. The Bertz CT molecular complexity index is 430. The third-order valence-corrected chi connectivity index (χ3v) is 3.97. The van der Waals surface area contributed by atoms with E-state index in [2.05, 4.69) is 21.8 Å². The number of nitrogens with zero attached hydrogens (tertiary/aromatic N) is 4. The molecular weight excluding hydrogens is 254 g/mol. The lowest BCUT2D eigenvalue weighted by Crippen LogP contribution is -2.54. The van der Waals surface area contributed by atoms with Crippen LogP contribution in [0.2, 0.25) is 0 Å². The van der Waals surface area contributed by atoms with Gasteiger partial charge in [-0.25, -0.2) is 9.97 Å². The van der Waals surface area contributed by atoms with Crippen molar-refractivity contribution >= 4 is 11.9 Å². The molecule has 0 aliphatic carbocycles. The van der Waals surface area contributed by atoms with Gasteiger partial charge in [0.1, 0.15) is 0 Å². The van der Waals surface area contributed by atoms with Gasteiger partial charge in [0.05, 0.1) is 6.04 Å². The summed E-state index contributed by atoms with van der Waals surface area (Å²) in [5.41, 5.74) is 6.02. The van der Waals surface area contributed by atoms with Crippen LogP contribution in [0.25, 0.3) is 0 Å². The molecule has 6 heteroatoms. The monoisotopic (exact) mass is 277 g/mol. The van der Waals surface area contributed by atoms with Gasteiger partial charge in [0.2, 0.25) is 11.9 Å². The lowest BCUT2D eigenvalue weighted by atomic mass is 9.98. The van der Waals surface area contributed by atoms with Gasteiger partial charge in [-0.1, -0.05) is 20.3 Å². The van der Waals surface area contributed by atoms with E-state index >= 15 is 0 Å². The number of hydrogen-bond donors (Lipinski definition) is 1. The topological polar surface area (TPSA) is 75.4 Å². The van der Waals surface area contributed by atoms with E-state index < -0.39 is 0 Å². The van der Waals surface area contributed by atoms with Crippen LogP contribution in [0.3, 0.4) is 0 Å². The predicted octanol–water partition coefficient (Wildman–Crippen LogP) is 0.499. The summed E-state index contributed by atoms with van der Waals surface area (Å²) >= 11 is 0. The van der Waals surface area contributed by atoms with Gasteiger partial charge in [-0.3, -0.25) is 4.79 Å². The van der Waals surface area contributed by atoms with Crippen LogP contribution in [0.4, 0.5) is 5.95 Å². The zero-order valence-corrected chi connectivity index (χ0v) is 12.2. The Morgan fingerprint density at radius 1 is 1.30 bits per heavy atom. The normalized spacial score (nSPS) is 18.8. The summed E-state index contributed by atoms with van der Waals surface area (Å²) in [7, 11) is 0. The SMILES string of the molecule is CCC(C)C(N)C(=O)N1CCN(c2ncccn2)CC1. The first-order valence-corrected chi connectivity index (χ1v) is 7.19. The van der Waals surface area contributed by atoms with E-state index in [1.54, 1.807) is 18.5 Å². The number of hydrogen-bond acceptors (Lipinski definition) is 5. The number of piperazine rings is 1. The van der Waals surface area contributed by atoms with Crippen LogP contribution in [-0.4, -0.2) is 53.0 Å². The molecule has 1 amide bonds. The third-order valence-electron chi connectivity index (χ3n) is 3.97. The highest BCUT2D eigenvalue weighted by Gasteiger charge is 2.28. The fourth-order valence-electron chi connectivity index (χ4n) is 2.29. The smallest absolute Gasteiger partial charge is 0.239 e. The Hall–Kier alpha value is -1.69. The van der Waals surface area contributed by atoms with Gasteiger partial charge in [-0.15, -0.1) is 0 Å². The van der Waals surface area contributed by atoms with Crippen molar-refractivity contribution in [3.05, 3.63) is 18.5 Å². The molecule has 2 N–H and O–H groups in total. The Kier molecular flexibility index (Phi) is 4.89. The molecule has 0 spiro atoms. The van der Waals surface area contributed by atoms with E-state index in [1.807, 2.05) is 11.8 Å². The molecule has 2 rings (SSSR count). The molecule has 1 aromatic heterocycles. The van der Waals surface area contributed by atoms with E-state index in [-0.39, 0.29) is 17.9 Å². The number of aromatic nitrogens is 2. The average molecular weight is 277 g/mol. The van der Waals surface area contributed by atoms with Gasteiger partial charge in [0.15, 0.2) is 0 Å². The van der Waals surface area contributed by atoms with Crippen molar-refractivity contribution in [1.82, 2.24) is 14.9 Å². The number of amides is 1. The van der Waals surface area contributed by atoms with Crippen molar-refractivity contribution in [2.75, 3.05) is 31.1 Å². The molecule has 1 saturated heterocycles. The molecule has 2 unspecified atom stereocenters. The number of nitrogens with two attached hydrogens (primary N) is 1. The average Bonchev–Trinajstić information content (AvgIpc) is 2.53. The zero-order chi connectivity index (χ0) is 14.5. The van der Waals surface area contributed by atoms with Crippen LogP contribution >= 0.6 is 0 Å². The molecule has 0 radical (unpaired) electrons. The van der Waals surface area contributed by atoms with Gasteiger partial charge in [0, 0.05) is 38.6 Å². The fraction of sp³-hybridized carbons (Fsp3) is 0.643. The molecule has 1 aromatic rings. The van der Waals surface area contributed by atoms with E-state index in [9.17, 15) is 4.79 Å². The molecule has 1 aliphatic heterocycles.